The number of rotatable bonds is 3. The van der Waals surface area contributed by atoms with E-state index in [1.807, 2.05) is 0 Å². The number of thiophene rings is 1. The molecule has 2 aromatic heterocycles. The Morgan fingerprint density at radius 1 is 1.19 bits per heavy atom. The van der Waals surface area contributed by atoms with Crippen molar-refractivity contribution in [3.8, 4) is 0 Å². The molecule has 0 saturated carbocycles. The van der Waals surface area contributed by atoms with Gasteiger partial charge < -0.3 is 10.6 Å². The number of hydrogen-bond acceptors (Lipinski definition) is 4. The summed E-state index contributed by atoms with van der Waals surface area (Å²) in [5, 5.41) is 10.8. The smallest absolute Gasteiger partial charge is 0.362 e. The van der Waals surface area contributed by atoms with Crippen LogP contribution in [0.5, 0.6) is 0 Å². The first kappa shape index (κ1) is 22.6. The number of nitrogens with zero attached hydrogens (tertiary/aromatic N) is 2. The molecular weight excluding hydrogens is 526 g/mol. The number of alkyl halides is 6. The van der Waals surface area contributed by atoms with Crippen LogP contribution in [0, 0.1) is 0 Å². The number of benzene rings is 1. The van der Waals surface area contributed by atoms with Crippen LogP contribution in [0.25, 0.3) is 0 Å². The zero-order valence-corrected chi connectivity index (χ0v) is 18.2. The number of anilines is 2. The Bertz CT molecular complexity index is 1140. The Hall–Kier alpha value is -2.54. The molecule has 5 nitrogen and oxygen atoms in total. The molecule has 0 aliphatic carbocycles. The zero-order chi connectivity index (χ0) is 23.3. The first-order chi connectivity index (χ1) is 14.9. The highest BCUT2D eigenvalue weighted by Gasteiger charge is 2.48. The molecule has 2 atom stereocenters. The van der Waals surface area contributed by atoms with Crippen molar-refractivity contribution in [3.05, 3.63) is 62.4 Å². The van der Waals surface area contributed by atoms with Crippen molar-refractivity contribution < 1.29 is 31.1 Å². The van der Waals surface area contributed by atoms with E-state index in [-0.39, 0.29) is 28.1 Å². The molecule has 170 valence electrons. The molecule has 1 aliphatic heterocycles. The topological polar surface area (TPSA) is 59.0 Å². The van der Waals surface area contributed by atoms with Gasteiger partial charge in [-0.2, -0.15) is 31.4 Å². The Labute approximate surface area is 189 Å². The second-order valence-corrected chi connectivity index (χ2v) is 8.77. The molecule has 2 unspecified atom stereocenters. The molecule has 3 heterocycles. The summed E-state index contributed by atoms with van der Waals surface area (Å²) in [6, 6.07) is 4.70. The largest absolute Gasteiger partial charge is 0.416 e. The van der Waals surface area contributed by atoms with Crippen molar-refractivity contribution in [2.24, 2.45) is 0 Å². The summed E-state index contributed by atoms with van der Waals surface area (Å²) in [6.45, 7) is 0. The van der Waals surface area contributed by atoms with Gasteiger partial charge in [-0.15, -0.1) is 11.3 Å². The summed E-state index contributed by atoms with van der Waals surface area (Å²) in [6.07, 6.45) is -9.58. The van der Waals surface area contributed by atoms with Crippen molar-refractivity contribution in [3.63, 3.8) is 0 Å². The Balaban J connectivity index is 1.67. The summed E-state index contributed by atoms with van der Waals surface area (Å²) >= 11 is 4.43. The van der Waals surface area contributed by atoms with Gasteiger partial charge in [0.05, 0.1) is 16.1 Å². The quantitative estimate of drug-likeness (QED) is 0.367. The molecule has 0 fully saturated rings. The lowest BCUT2D eigenvalue weighted by molar-refractivity contribution is -0.173. The predicted molar refractivity (Wildman–Crippen MR) is 110 cm³/mol. The van der Waals surface area contributed by atoms with Gasteiger partial charge in [0.1, 0.15) is 5.82 Å². The van der Waals surface area contributed by atoms with E-state index >= 15 is 0 Å². The van der Waals surface area contributed by atoms with E-state index in [1.165, 1.54) is 17.4 Å². The van der Waals surface area contributed by atoms with Crippen LogP contribution >= 0.6 is 27.3 Å². The number of fused-ring (bicyclic) bond motifs is 1. The SMILES string of the molecule is O=C(Nc1cccc(C(F)(F)F)c1)c1nn2c(c1Br)NC(c1cccs1)CC2C(F)(F)F. The number of carbonyl (C=O) groups is 1. The molecule has 1 aromatic carbocycles. The molecule has 0 radical (unpaired) electrons. The molecule has 2 N–H and O–H groups in total. The Kier molecular flexibility index (Phi) is 5.74. The van der Waals surface area contributed by atoms with Gasteiger partial charge in [0.25, 0.3) is 5.91 Å². The highest BCUT2D eigenvalue weighted by Crippen LogP contribution is 2.47. The van der Waals surface area contributed by atoms with Crippen molar-refractivity contribution in [2.45, 2.75) is 30.9 Å². The van der Waals surface area contributed by atoms with Crippen LogP contribution in [0.3, 0.4) is 0 Å². The van der Waals surface area contributed by atoms with Gasteiger partial charge in [-0.05, 0) is 45.6 Å². The molecule has 13 heteroatoms. The predicted octanol–water partition coefficient (Wildman–Crippen LogP) is 6.64. The van der Waals surface area contributed by atoms with Gasteiger partial charge in [-0.1, -0.05) is 12.1 Å². The first-order valence-corrected chi connectivity index (χ1v) is 10.8. The third-order valence-corrected chi connectivity index (χ3v) is 6.58. The molecule has 0 bridgehead atoms. The van der Waals surface area contributed by atoms with E-state index < -0.39 is 35.9 Å². The number of carbonyl (C=O) groups excluding carboxylic acids is 1. The fourth-order valence-electron chi connectivity index (χ4n) is 3.37. The van der Waals surface area contributed by atoms with E-state index in [4.69, 9.17) is 0 Å². The summed E-state index contributed by atoms with van der Waals surface area (Å²) < 4.78 is 80.7. The van der Waals surface area contributed by atoms with Crippen molar-refractivity contribution in [1.29, 1.82) is 0 Å². The lowest BCUT2D eigenvalue weighted by Crippen LogP contribution is -2.35. The maximum absolute atomic E-state index is 13.8. The lowest BCUT2D eigenvalue weighted by atomic mass is 10.0. The maximum atomic E-state index is 13.8. The summed E-state index contributed by atoms with van der Waals surface area (Å²) in [5.41, 5.74) is -1.53. The second kappa shape index (κ2) is 8.10. The van der Waals surface area contributed by atoms with E-state index in [0.717, 1.165) is 18.2 Å². The minimum absolute atomic E-state index is 0.0162. The molecule has 0 saturated heterocycles. The molecule has 1 aliphatic rings. The number of amides is 1. The highest BCUT2D eigenvalue weighted by atomic mass is 79.9. The van der Waals surface area contributed by atoms with Gasteiger partial charge in [0.15, 0.2) is 11.7 Å². The van der Waals surface area contributed by atoms with Crippen LogP contribution < -0.4 is 10.6 Å². The number of nitrogens with one attached hydrogen (secondary N) is 2. The van der Waals surface area contributed by atoms with Gasteiger partial charge in [0.2, 0.25) is 0 Å². The van der Waals surface area contributed by atoms with Gasteiger partial charge in [0, 0.05) is 17.0 Å². The Morgan fingerprint density at radius 2 is 1.94 bits per heavy atom. The fourth-order valence-corrected chi connectivity index (χ4v) is 4.72. The van der Waals surface area contributed by atoms with Gasteiger partial charge in [-0.3, -0.25) is 4.79 Å². The van der Waals surface area contributed by atoms with Crippen molar-refractivity contribution >= 4 is 44.7 Å². The van der Waals surface area contributed by atoms with Gasteiger partial charge in [-0.25, -0.2) is 4.68 Å². The molecular formula is C19H13BrF6N4OS. The van der Waals surface area contributed by atoms with Crippen LogP contribution in [0.2, 0.25) is 0 Å². The maximum Gasteiger partial charge on any atom is 0.416 e. The van der Waals surface area contributed by atoms with Crippen LogP contribution in [0.1, 0.15) is 39.4 Å². The minimum atomic E-state index is -4.63. The molecule has 0 spiro atoms. The van der Waals surface area contributed by atoms with E-state index in [0.29, 0.717) is 9.56 Å². The van der Waals surface area contributed by atoms with Crippen LogP contribution in [0.4, 0.5) is 37.8 Å². The summed E-state index contributed by atoms with van der Waals surface area (Å²) in [5.74, 6) is -0.986. The third kappa shape index (κ3) is 4.35. The monoisotopic (exact) mass is 538 g/mol. The minimum Gasteiger partial charge on any atom is -0.362 e. The molecule has 3 aromatic rings. The van der Waals surface area contributed by atoms with E-state index in [9.17, 15) is 31.1 Å². The molecule has 4 rings (SSSR count). The zero-order valence-electron chi connectivity index (χ0n) is 15.8. The van der Waals surface area contributed by atoms with Crippen LogP contribution in [-0.4, -0.2) is 21.9 Å². The molecule has 1 amide bonds. The number of halogens is 7. The summed E-state index contributed by atoms with van der Waals surface area (Å²) in [7, 11) is 0. The fraction of sp³-hybridized carbons (Fsp3) is 0.263. The van der Waals surface area contributed by atoms with E-state index in [2.05, 4.69) is 31.7 Å². The second-order valence-electron chi connectivity index (χ2n) is 6.99. The van der Waals surface area contributed by atoms with Crippen molar-refractivity contribution in [1.82, 2.24) is 9.78 Å². The highest BCUT2D eigenvalue weighted by molar-refractivity contribution is 9.10. The lowest BCUT2D eigenvalue weighted by Gasteiger charge is -2.33. The number of hydrogen-bond donors (Lipinski definition) is 2. The van der Waals surface area contributed by atoms with Crippen LogP contribution in [-0.2, 0) is 6.18 Å². The number of aromatic nitrogens is 2. The Morgan fingerprint density at radius 3 is 2.56 bits per heavy atom. The van der Waals surface area contributed by atoms with Crippen LogP contribution in [0.15, 0.2) is 46.3 Å². The average molecular weight is 539 g/mol. The van der Waals surface area contributed by atoms with Crippen molar-refractivity contribution in [2.75, 3.05) is 10.6 Å². The molecule has 32 heavy (non-hydrogen) atoms. The average Bonchev–Trinajstić information content (AvgIpc) is 3.35. The standard InChI is InChI=1S/C19H13BrF6N4OS/c20-14-15(17(31)27-10-4-1-3-9(7-10)18(21,22)23)29-30-13(19(24,25)26)8-11(28-16(14)30)12-5-2-6-32-12/h1-7,11,13,28H,8H2,(H,27,31). The summed E-state index contributed by atoms with van der Waals surface area (Å²) in [4.78, 5) is 13.4. The first-order valence-electron chi connectivity index (χ1n) is 9.08. The van der Waals surface area contributed by atoms with Gasteiger partial charge >= 0.3 is 12.4 Å². The normalized spacial score (nSPS) is 18.7. The third-order valence-electron chi connectivity index (χ3n) is 4.85. The van der Waals surface area contributed by atoms with E-state index in [1.54, 1.807) is 17.5 Å².